The SMILES string of the molecule is COc1ccc([C@@]2(C)NC(=O)N(/N=C/c3cc(Br)c(O)c(OC)c3)C2=O)cc1. The van der Waals surface area contributed by atoms with Crippen molar-refractivity contribution in [2.75, 3.05) is 14.2 Å². The Labute approximate surface area is 169 Å². The minimum absolute atomic E-state index is 0.0540. The predicted molar refractivity (Wildman–Crippen MR) is 106 cm³/mol. The van der Waals surface area contributed by atoms with Crippen molar-refractivity contribution in [1.29, 1.82) is 0 Å². The number of amides is 3. The van der Waals surface area contributed by atoms with E-state index in [1.54, 1.807) is 44.4 Å². The average molecular weight is 448 g/mol. The molecule has 1 aliphatic heterocycles. The number of carbonyl (C=O) groups is 2. The minimum atomic E-state index is -1.24. The van der Waals surface area contributed by atoms with Crippen LogP contribution in [0.25, 0.3) is 0 Å². The second kappa shape index (κ2) is 7.51. The van der Waals surface area contributed by atoms with Gasteiger partial charge < -0.3 is 19.9 Å². The van der Waals surface area contributed by atoms with E-state index in [0.717, 1.165) is 5.01 Å². The van der Waals surface area contributed by atoms with Gasteiger partial charge in [0.05, 0.1) is 24.9 Å². The Morgan fingerprint density at radius 2 is 1.86 bits per heavy atom. The number of urea groups is 1. The highest BCUT2D eigenvalue weighted by Gasteiger charge is 2.49. The minimum Gasteiger partial charge on any atom is -0.503 e. The molecule has 9 heteroatoms. The molecule has 1 aliphatic rings. The molecule has 1 heterocycles. The van der Waals surface area contributed by atoms with Gasteiger partial charge in [-0.3, -0.25) is 4.79 Å². The maximum Gasteiger partial charge on any atom is 0.346 e. The summed E-state index contributed by atoms with van der Waals surface area (Å²) in [5, 5.41) is 17.3. The number of carbonyl (C=O) groups excluding carboxylic acids is 2. The van der Waals surface area contributed by atoms with Crippen LogP contribution < -0.4 is 14.8 Å². The second-order valence-corrected chi connectivity index (χ2v) is 7.05. The number of aromatic hydroxyl groups is 1. The summed E-state index contributed by atoms with van der Waals surface area (Å²) in [6.07, 6.45) is 1.34. The molecule has 0 saturated carbocycles. The van der Waals surface area contributed by atoms with Crippen LogP contribution >= 0.6 is 15.9 Å². The van der Waals surface area contributed by atoms with Gasteiger partial charge in [0.25, 0.3) is 5.91 Å². The molecule has 146 valence electrons. The van der Waals surface area contributed by atoms with E-state index >= 15 is 0 Å². The first-order valence-electron chi connectivity index (χ1n) is 8.22. The molecule has 0 aliphatic carbocycles. The van der Waals surface area contributed by atoms with Crippen LogP contribution in [0.1, 0.15) is 18.1 Å². The van der Waals surface area contributed by atoms with Gasteiger partial charge in [0, 0.05) is 0 Å². The largest absolute Gasteiger partial charge is 0.503 e. The van der Waals surface area contributed by atoms with Crippen LogP contribution in [0.4, 0.5) is 4.79 Å². The highest BCUT2D eigenvalue weighted by Crippen LogP contribution is 2.35. The first-order valence-corrected chi connectivity index (χ1v) is 9.01. The Kier molecular flexibility index (Phi) is 5.28. The van der Waals surface area contributed by atoms with Crippen LogP contribution in [0.5, 0.6) is 17.2 Å². The van der Waals surface area contributed by atoms with Crippen molar-refractivity contribution < 1.29 is 24.2 Å². The summed E-state index contributed by atoms with van der Waals surface area (Å²) in [5.74, 6) is 0.312. The third-order valence-electron chi connectivity index (χ3n) is 4.43. The molecule has 3 amide bonds. The number of nitrogens with one attached hydrogen (secondary N) is 1. The molecule has 8 nitrogen and oxygen atoms in total. The lowest BCUT2D eigenvalue weighted by Gasteiger charge is -2.21. The zero-order valence-electron chi connectivity index (χ0n) is 15.4. The van der Waals surface area contributed by atoms with Gasteiger partial charge in [-0.25, -0.2) is 4.79 Å². The summed E-state index contributed by atoms with van der Waals surface area (Å²) in [4.78, 5) is 25.2. The van der Waals surface area contributed by atoms with E-state index in [-0.39, 0.29) is 11.5 Å². The molecule has 2 aromatic carbocycles. The number of imide groups is 1. The van der Waals surface area contributed by atoms with E-state index in [4.69, 9.17) is 9.47 Å². The number of benzene rings is 2. The molecule has 3 rings (SSSR count). The average Bonchev–Trinajstić information content (AvgIpc) is 2.92. The molecular weight excluding hydrogens is 430 g/mol. The third kappa shape index (κ3) is 3.40. The quantitative estimate of drug-likeness (QED) is 0.541. The summed E-state index contributed by atoms with van der Waals surface area (Å²) >= 11 is 3.21. The predicted octanol–water partition coefficient (Wildman–Crippen LogP) is 2.97. The molecule has 2 N–H and O–H groups in total. The van der Waals surface area contributed by atoms with E-state index in [9.17, 15) is 14.7 Å². The topological polar surface area (TPSA) is 100 Å². The Morgan fingerprint density at radius 3 is 2.46 bits per heavy atom. The first kappa shape index (κ1) is 19.7. The lowest BCUT2D eigenvalue weighted by atomic mass is 9.92. The van der Waals surface area contributed by atoms with Crippen LogP contribution in [0.3, 0.4) is 0 Å². The molecule has 28 heavy (non-hydrogen) atoms. The van der Waals surface area contributed by atoms with Gasteiger partial charge in [0.1, 0.15) is 11.3 Å². The van der Waals surface area contributed by atoms with Crippen molar-refractivity contribution in [3.63, 3.8) is 0 Å². The van der Waals surface area contributed by atoms with Crippen LogP contribution in [0.2, 0.25) is 0 Å². The molecule has 1 atom stereocenters. The Balaban J connectivity index is 1.87. The van der Waals surface area contributed by atoms with Crippen molar-refractivity contribution in [1.82, 2.24) is 10.3 Å². The van der Waals surface area contributed by atoms with Gasteiger partial charge in [0.2, 0.25) is 0 Å². The first-order chi connectivity index (χ1) is 13.3. The normalized spacial score (nSPS) is 19.2. The van der Waals surface area contributed by atoms with E-state index in [1.807, 2.05) is 0 Å². The second-order valence-electron chi connectivity index (χ2n) is 6.20. The summed E-state index contributed by atoms with van der Waals surface area (Å²) in [5.41, 5.74) is -0.105. The molecule has 0 radical (unpaired) electrons. The number of ether oxygens (including phenoxy) is 2. The molecule has 0 spiro atoms. The third-order valence-corrected chi connectivity index (χ3v) is 5.03. The molecule has 1 saturated heterocycles. The monoisotopic (exact) mass is 447 g/mol. The number of phenolic OH excluding ortho intramolecular Hbond substituents is 1. The standard InChI is InChI=1S/C19H18BrN3O5/c1-19(12-4-6-13(27-2)7-5-12)17(25)23(18(26)22-19)21-10-11-8-14(20)16(24)15(9-11)28-3/h4-10,24H,1-3H3,(H,22,26)/b21-10+/t19-/m1/s1. The fourth-order valence-corrected chi connectivity index (χ4v) is 3.26. The van der Waals surface area contributed by atoms with Gasteiger partial charge in [-0.1, -0.05) is 12.1 Å². The van der Waals surface area contributed by atoms with Crippen LogP contribution in [0.15, 0.2) is 46.0 Å². The van der Waals surface area contributed by atoms with E-state index in [1.165, 1.54) is 19.4 Å². The Hall–Kier alpha value is -3.07. The van der Waals surface area contributed by atoms with Crippen molar-refractivity contribution in [3.8, 4) is 17.2 Å². The summed E-state index contributed by atoms with van der Waals surface area (Å²) < 4.78 is 10.6. The highest BCUT2D eigenvalue weighted by atomic mass is 79.9. The smallest absolute Gasteiger partial charge is 0.346 e. The van der Waals surface area contributed by atoms with Crippen molar-refractivity contribution in [2.24, 2.45) is 5.10 Å². The van der Waals surface area contributed by atoms with Gasteiger partial charge in [-0.05, 0) is 58.2 Å². The molecule has 0 bridgehead atoms. The number of methoxy groups -OCH3 is 2. The summed E-state index contributed by atoms with van der Waals surface area (Å²) in [6, 6.07) is 9.34. The number of nitrogens with zero attached hydrogens (tertiary/aromatic N) is 2. The summed E-state index contributed by atoms with van der Waals surface area (Å²) in [6.45, 7) is 1.62. The zero-order valence-corrected chi connectivity index (χ0v) is 17.0. The number of hydrogen-bond donors (Lipinski definition) is 2. The van der Waals surface area contributed by atoms with E-state index in [2.05, 4.69) is 26.3 Å². The molecule has 0 aromatic heterocycles. The molecule has 0 unspecified atom stereocenters. The van der Waals surface area contributed by atoms with Crippen LogP contribution in [-0.2, 0) is 10.3 Å². The van der Waals surface area contributed by atoms with Crippen LogP contribution in [-0.4, -0.2) is 42.5 Å². The van der Waals surface area contributed by atoms with Crippen molar-refractivity contribution in [3.05, 3.63) is 52.0 Å². The Morgan fingerprint density at radius 1 is 1.18 bits per heavy atom. The maximum atomic E-state index is 12.9. The fourth-order valence-electron chi connectivity index (χ4n) is 2.80. The number of halogens is 1. The van der Waals surface area contributed by atoms with E-state index in [0.29, 0.717) is 21.3 Å². The maximum absolute atomic E-state index is 12.9. The van der Waals surface area contributed by atoms with Gasteiger partial charge in [-0.15, -0.1) is 5.01 Å². The summed E-state index contributed by atoms with van der Waals surface area (Å²) in [7, 11) is 2.96. The molecular formula is C19H18BrN3O5. The zero-order chi connectivity index (χ0) is 20.5. The van der Waals surface area contributed by atoms with Crippen LogP contribution in [0, 0.1) is 0 Å². The lowest BCUT2D eigenvalue weighted by Crippen LogP contribution is -2.40. The number of hydrazone groups is 1. The van der Waals surface area contributed by atoms with Crippen molar-refractivity contribution in [2.45, 2.75) is 12.5 Å². The lowest BCUT2D eigenvalue weighted by molar-refractivity contribution is -0.131. The number of rotatable bonds is 5. The highest BCUT2D eigenvalue weighted by molar-refractivity contribution is 9.10. The van der Waals surface area contributed by atoms with Gasteiger partial charge in [-0.2, -0.15) is 5.10 Å². The van der Waals surface area contributed by atoms with Crippen molar-refractivity contribution >= 4 is 34.1 Å². The van der Waals surface area contributed by atoms with Gasteiger partial charge in [0.15, 0.2) is 11.5 Å². The number of hydrogen-bond acceptors (Lipinski definition) is 6. The molecule has 2 aromatic rings. The Bertz CT molecular complexity index is 961. The molecule has 1 fully saturated rings. The number of phenols is 1. The fraction of sp³-hybridized carbons (Fsp3) is 0.211. The van der Waals surface area contributed by atoms with Gasteiger partial charge >= 0.3 is 6.03 Å². The van der Waals surface area contributed by atoms with E-state index < -0.39 is 17.5 Å².